The van der Waals surface area contributed by atoms with Gasteiger partial charge in [-0.2, -0.15) is 0 Å². The molecule has 0 atom stereocenters. The molecule has 5 nitrogen and oxygen atoms in total. The zero-order valence-electron chi connectivity index (χ0n) is 12.1. The van der Waals surface area contributed by atoms with E-state index in [1.807, 2.05) is 0 Å². The van der Waals surface area contributed by atoms with E-state index in [1.165, 1.54) is 26.4 Å². The number of hydrogen-bond donors (Lipinski definition) is 1. The Labute approximate surface area is 126 Å². The summed E-state index contributed by atoms with van der Waals surface area (Å²) in [7, 11) is 2.95. The van der Waals surface area contributed by atoms with Gasteiger partial charge >= 0.3 is 0 Å². The molecule has 2 aromatic carbocycles. The monoisotopic (exact) mass is 298 g/mol. The van der Waals surface area contributed by atoms with Crippen molar-refractivity contribution >= 4 is 11.0 Å². The molecule has 0 aliphatic rings. The second-order valence-electron chi connectivity index (χ2n) is 4.70. The summed E-state index contributed by atoms with van der Waals surface area (Å²) in [5.41, 5.74) is 0.810. The molecule has 0 amide bonds. The van der Waals surface area contributed by atoms with Gasteiger partial charge < -0.3 is 19.0 Å². The van der Waals surface area contributed by atoms with Crippen molar-refractivity contribution in [3.63, 3.8) is 0 Å². The molecule has 5 heteroatoms. The van der Waals surface area contributed by atoms with E-state index in [4.69, 9.17) is 13.9 Å². The quantitative estimate of drug-likeness (QED) is 0.804. The zero-order valence-corrected chi connectivity index (χ0v) is 12.1. The Morgan fingerprint density at radius 1 is 1.00 bits per heavy atom. The molecule has 0 bridgehead atoms. The van der Waals surface area contributed by atoms with Gasteiger partial charge in [0, 0.05) is 5.56 Å². The number of hydrogen-bond acceptors (Lipinski definition) is 5. The normalized spacial score (nSPS) is 10.6. The highest BCUT2D eigenvalue weighted by molar-refractivity contribution is 5.83. The van der Waals surface area contributed by atoms with Gasteiger partial charge in [-0.25, -0.2) is 0 Å². The first-order chi connectivity index (χ1) is 10.6. The minimum absolute atomic E-state index is 0.117. The lowest BCUT2D eigenvalue weighted by Crippen LogP contribution is -2.07. The molecule has 0 radical (unpaired) electrons. The summed E-state index contributed by atoms with van der Waals surface area (Å²) < 4.78 is 16.2. The van der Waals surface area contributed by atoms with Crippen LogP contribution in [0.5, 0.6) is 17.2 Å². The Hall–Kier alpha value is -2.95. The second-order valence-corrected chi connectivity index (χ2v) is 4.70. The smallest absolute Gasteiger partial charge is 0.235 e. The summed E-state index contributed by atoms with van der Waals surface area (Å²) >= 11 is 0. The van der Waals surface area contributed by atoms with Crippen LogP contribution in [0.1, 0.15) is 0 Å². The van der Waals surface area contributed by atoms with Crippen molar-refractivity contribution in [2.24, 2.45) is 0 Å². The lowest BCUT2D eigenvalue weighted by Gasteiger charge is -2.09. The van der Waals surface area contributed by atoms with Gasteiger partial charge in [0.05, 0.1) is 19.6 Å². The first-order valence-corrected chi connectivity index (χ1v) is 6.62. The Morgan fingerprint density at radius 2 is 1.73 bits per heavy atom. The number of ether oxygens (including phenoxy) is 2. The molecule has 3 rings (SSSR count). The van der Waals surface area contributed by atoms with Crippen LogP contribution >= 0.6 is 0 Å². The molecule has 1 N–H and O–H groups in total. The van der Waals surface area contributed by atoms with E-state index in [-0.39, 0.29) is 16.9 Å². The van der Waals surface area contributed by atoms with E-state index in [9.17, 15) is 9.90 Å². The van der Waals surface area contributed by atoms with Crippen LogP contribution in [-0.2, 0) is 0 Å². The number of rotatable bonds is 3. The molecule has 0 fully saturated rings. The molecule has 22 heavy (non-hydrogen) atoms. The molecule has 0 spiro atoms. The second kappa shape index (κ2) is 5.44. The molecule has 0 aliphatic carbocycles. The van der Waals surface area contributed by atoms with Gasteiger partial charge in [0.15, 0.2) is 5.76 Å². The maximum absolute atomic E-state index is 12.6. The molecule has 0 unspecified atom stereocenters. The van der Waals surface area contributed by atoms with E-state index >= 15 is 0 Å². The van der Waals surface area contributed by atoms with Crippen molar-refractivity contribution in [1.82, 2.24) is 0 Å². The molecule has 0 aliphatic heterocycles. The van der Waals surface area contributed by atoms with Gasteiger partial charge in [-0.05, 0) is 42.5 Å². The maximum atomic E-state index is 12.6. The molecule has 0 saturated carbocycles. The average Bonchev–Trinajstić information content (AvgIpc) is 2.55. The van der Waals surface area contributed by atoms with Gasteiger partial charge in [0.2, 0.25) is 11.2 Å². The summed E-state index contributed by atoms with van der Waals surface area (Å²) in [6.45, 7) is 0. The Kier molecular flexibility index (Phi) is 3.47. The third-order valence-electron chi connectivity index (χ3n) is 3.39. The summed E-state index contributed by atoms with van der Waals surface area (Å²) in [6, 6.07) is 11.4. The van der Waals surface area contributed by atoms with Crippen LogP contribution in [0.4, 0.5) is 0 Å². The average molecular weight is 298 g/mol. The predicted octanol–water partition coefficient (Wildman–Crippen LogP) is 3.18. The van der Waals surface area contributed by atoms with Crippen molar-refractivity contribution in [2.75, 3.05) is 14.2 Å². The molecule has 1 aromatic heterocycles. The summed E-state index contributed by atoms with van der Waals surface area (Å²) in [6.07, 6.45) is 0. The number of benzene rings is 2. The van der Waals surface area contributed by atoms with Crippen LogP contribution in [0.15, 0.2) is 51.7 Å². The third kappa shape index (κ3) is 2.26. The van der Waals surface area contributed by atoms with Gasteiger partial charge in [-0.15, -0.1) is 0 Å². The predicted molar refractivity (Wildman–Crippen MR) is 82.7 cm³/mol. The van der Waals surface area contributed by atoms with Crippen molar-refractivity contribution in [3.8, 4) is 28.6 Å². The molecule has 1 heterocycles. The maximum Gasteiger partial charge on any atom is 0.235 e. The Bertz CT molecular complexity index is 878. The first-order valence-electron chi connectivity index (χ1n) is 6.62. The SMILES string of the molecule is COc1ccc2oc(-c3ccc(O)cc3)c(OC)c(=O)c2c1. The summed E-state index contributed by atoms with van der Waals surface area (Å²) in [5, 5.41) is 9.76. The van der Waals surface area contributed by atoms with E-state index < -0.39 is 0 Å². The molecule has 112 valence electrons. The lowest BCUT2D eigenvalue weighted by molar-refractivity contribution is 0.398. The van der Waals surface area contributed by atoms with E-state index in [2.05, 4.69) is 0 Å². The minimum atomic E-state index is -0.272. The van der Waals surface area contributed by atoms with Crippen LogP contribution in [-0.4, -0.2) is 19.3 Å². The van der Waals surface area contributed by atoms with Crippen molar-refractivity contribution in [1.29, 1.82) is 0 Å². The largest absolute Gasteiger partial charge is 0.508 e. The molecular weight excluding hydrogens is 284 g/mol. The Balaban J connectivity index is 2.31. The highest BCUT2D eigenvalue weighted by Crippen LogP contribution is 2.32. The molecule has 3 aromatic rings. The fourth-order valence-electron chi connectivity index (χ4n) is 2.27. The lowest BCUT2D eigenvalue weighted by atomic mass is 10.1. The van der Waals surface area contributed by atoms with E-state index in [1.54, 1.807) is 30.3 Å². The van der Waals surface area contributed by atoms with E-state index in [0.717, 1.165) is 0 Å². The van der Waals surface area contributed by atoms with Gasteiger partial charge in [-0.3, -0.25) is 4.79 Å². The van der Waals surface area contributed by atoms with Crippen molar-refractivity contribution in [2.45, 2.75) is 0 Å². The van der Waals surface area contributed by atoms with Crippen LogP contribution in [0.25, 0.3) is 22.3 Å². The fourth-order valence-corrected chi connectivity index (χ4v) is 2.27. The first kappa shape index (κ1) is 14.0. The highest BCUT2D eigenvalue weighted by Gasteiger charge is 2.17. The topological polar surface area (TPSA) is 68.9 Å². The zero-order chi connectivity index (χ0) is 15.7. The number of methoxy groups -OCH3 is 2. The molecular formula is C17H14O5. The van der Waals surface area contributed by atoms with Gasteiger partial charge in [0.25, 0.3) is 0 Å². The fraction of sp³-hybridized carbons (Fsp3) is 0.118. The van der Waals surface area contributed by atoms with Gasteiger partial charge in [-0.1, -0.05) is 0 Å². The minimum Gasteiger partial charge on any atom is -0.508 e. The Morgan fingerprint density at radius 3 is 2.36 bits per heavy atom. The number of phenols is 1. The molecule has 0 saturated heterocycles. The number of aromatic hydroxyl groups is 1. The van der Waals surface area contributed by atoms with Crippen LogP contribution < -0.4 is 14.9 Å². The summed E-state index contributed by atoms with van der Waals surface area (Å²) in [4.78, 5) is 12.6. The third-order valence-corrected chi connectivity index (χ3v) is 3.39. The van der Waals surface area contributed by atoms with Crippen LogP contribution in [0.2, 0.25) is 0 Å². The standard InChI is InChI=1S/C17H14O5/c1-20-12-7-8-14-13(9-12)15(19)17(21-2)16(22-14)10-3-5-11(18)6-4-10/h3-9,18H,1-2H3. The number of fused-ring (bicyclic) bond motifs is 1. The van der Waals surface area contributed by atoms with Gasteiger partial charge in [0.1, 0.15) is 17.1 Å². The van der Waals surface area contributed by atoms with Crippen molar-refractivity contribution in [3.05, 3.63) is 52.7 Å². The van der Waals surface area contributed by atoms with Crippen molar-refractivity contribution < 1.29 is 19.0 Å². The summed E-state index contributed by atoms with van der Waals surface area (Å²) in [5.74, 6) is 1.14. The highest BCUT2D eigenvalue weighted by atomic mass is 16.5. The number of phenolic OH excluding ortho intramolecular Hbond substituents is 1. The van der Waals surface area contributed by atoms with Crippen LogP contribution in [0, 0.1) is 0 Å². The van der Waals surface area contributed by atoms with Crippen LogP contribution in [0.3, 0.4) is 0 Å². The van der Waals surface area contributed by atoms with E-state index in [0.29, 0.717) is 28.0 Å².